The molecule has 3 heteroatoms. The number of rotatable bonds is 4. The molecular weight excluding hydrogens is 188 g/mol. The molecule has 3 nitrogen and oxygen atoms in total. The van der Waals surface area contributed by atoms with Gasteiger partial charge in [-0.3, -0.25) is 4.79 Å². The Bertz CT molecular complexity index is 354. The Balaban J connectivity index is 2.46. The van der Waals surface area contributed by atoms with Crippen molar-refractivity contribution in [2.45, 2.75) is 13.0 Å². The van der Waals surface area contributed by atoms with Crippen LogP contribution in [-0.4, -0.2) is 18.5 Å². The van der Waals surface area contributed by atoms with E-state index in [-0.39, 0.29) is 18.5 Å². The third kappa shape index (κ3) is 3.74. The van der Waals surface area contributed by atoms with Crippen molar-refractivity contribution < 1.29 is 4.79 Å². The van der Waals surface area contributed by atoms with Crippen molar-refractivity contribution in [2.75, 3.05) is 11.9 Å². The molecule has 0 radical (unpaired) electrons. The van der Waals surface area contributed by atoms with Crippen molar-refractivity contribution in [1.29, 1.82) is 0 Å². The minimum absolute atomic E-state index is 0.100. The number of nitrogens with one attached hydrogen (secondary N) is 2. The zero-order valence-electron chi connectivity index (χ0n) is 8.66. The number of amides is 1. The molecule has 1 unspecified atom stereocenters. The lowest BCUT2D eigenvalue weighted by molar-refractivity contribution is -0.121. The average Bonchev–Trinajstić information content (AvgIpc) is 2.27. The van der Waals surface area contributed by atoms with Crippen LogP contribution in [-0.2, 0) is 4.79 Å². The molecule has 0 aromatic heterocycles. The molecule has 1 aromatic rings. The first kappa shape index (κ1) is 11.1. The van der Waals surface area contributed by atoms with Crippen LogP contribution in [0.2, 0.25) is 0 Å². The summed E-state index contributed by atoms with van der Waals surface area (Å²) in [5, 5.41) is 5.68. The van der Waals surface area contributed by atoms with Crippen LogP contribution in [0.15, 0.2) is 30.3 Å². The van der Waals surface area contributed by atoms with Crippen molar-refractivity contribution in [3.63, 3.8) is 0 Å². The fourth-order valence-corrected chi connectivity index (χ4v) is 1.14. The molecule has 0 fully saturated rings. The first-order valence-corrected chi connectivity index (χ1v) is 4.77. The molecule has 0 heterocycles. The second kappa shape index (κ2) is 5.71. The van der Waals surface area contributed by atoms with Gasteiger partial charge in [-0.1, -0.05) is 24.1 Å². The lowest BCUT2D eigenvalue weighted by Crippen LogP contribution is -2.37. The second-order valence-corrected chi connectivity index (χ2v) is 3.15. The van der Waals surface area contributed by atoms with Crippen LogP contribution in [0.3, 0.4) is 0 Å². The molecule has 2 N–H and O–H groups in total. The van der Waals surface area contributed by atoms with Crippen LogP contribution in [0.4, 0.5) is 5.69 Å². The number of benzene rings is 1. The lowest BCUT2D eigenvalue weighted by Gasteiger charge is -2.13. The van der Waals surface area contributed by atoms with E-state index in [4.69, 9.17) is 6.42 Å². The summed E-state index contributed by atoms with van der Waals surface area (Å²) in [6, 6.07) is 9.27. The summed E-state index contributed by atoms with van der Waals surface area (Å²) in [7, 11) is 0. The summed E-state index contributed by atoms with van der Waals surface area (Å²) in [6.45, 7) is 2.05. The van der Waals surface area contributed by atoms with E-state index in [0.717, 1.165) is 5.69 Å². The predicted octanol–water partition coefficient (Wildman–Crippen LogP) is 1.24. The zero-order valence-corrected chi connectivity index (χ0v) is 8.66. The highest BCUT2D eigenvalue weighted by Crippen LogP contribution is 2.06. The molecule has 1 rings (SSSR count). The third-order valence-corrected chi connectivity index (χ3v) is 1.91. The Morgan fingerprint density at radius 2 is 2.13 bits per heavy atom. The Morgan fingerprint density at radius 3 is 2.73 bits per heavy atom. The molecule has 0 spiro atoms. The SMILES string of the molecule is C#CCNC(=O)C(C)Nc1ccccc1. The van der Waals surface area contributed by atoms with Gasteiger partial charge in [0.1, 0.15) is 6.04 Å². The summed E-state index contributed by atoms with van der Waals surface area (Å²) in [5.74, 6) is 2.26. The van der Waals surface area contributed by atoms with Gasteiger partial charge in [0.2, 0.25) is 5.91 Å². The Morgan fingerprint density at radius 1 is 1.47 bits per heavy atom. The lowest BCUT2D eigenvalue weighted by atomic mass is 10.2. The molecule has 78 valence electrons. The highest BCUT2D eigenvalue weighted by Gasteiger charge is 2.10. The van der Waals surface area contributed by atoms with Crippen LogP contribution in [0, 0.1) is 12.3 Å². The van der Waals surface area contributed by atoms with E-state index in [0.29, 0.717) is 0 Å². The van der Waals surface area contributed by atoms with Gasteiger partial charge in [-0.2, -0.15) is 0 Å². The fraction of sp³-hybridized carbons (Fsp3) is 0.250. The van der Waals surface area contributed by atoms with Gasteiger partial charge in [0.05, 0.1) is 6.54 Å². The predicted molar refractivity (Wildman–Crippen MR) is 61.4 cm³/mol. The molecule has 1 amide bonds. The second-order valence-electron chi connectivity index (χ2n) is 3.15. The molecule has 0 aliphatic heterocycles. The number of terminal acetylenes is 1. The van der Waals surface area contributed by atoms with Crippen LogP contribution in [0.25, 0.3) is 0 Å². The van der Waals surface area contributed by atoms with E-state index in [1.54, 1.807) is 6.92 Å². The van der Waals surface area contributed by atoms with Gasteiger partial charge in [0, 0.05) is 5.69 Å². The van der Waals surface area contributed by atoms with E-state index in [2.05, 4.69) is 16.6 Å². The molecule has 0 aliphatic carbocycles. The van der Waals surface area contributed by atoms with Crippen LogP contribution >= 0.6 is 0 Å². The van der Waals surface area contributed by atoms with E-state index in [1.807, 2.05) is 30.3 Å². The van der Waals surface area contributed by atoms with Gasteiger partial charge in [-0.15, -0.1) is 6.42 Å². The number of hydrogen-bond acceptors (Lipinski definition) is 2. The minimum atomic E-state index is -0.291. The maximum Gasteiger partial charge on any atom is 0.242 e. The quantitative estimate of drug-likeness (QED) is 0.721. The van der Waals surface area contributed by atoms with Crippen molar-refractivity contribution in [3.05, 3.63) is 30.3 Å². The molecule has 0 saturated heterocycles. The standard InChI is InChI=1S/C12H14N2O/c1-3-9-13-12(15)10(2)14-11-7-5-4-6-8-11/h1,4-8,10,14H,9H2,2H3,(H,13,15). The number of anilines is 1. The molecule has 0 bridgehead atoms. The van der Waals surface area contributed by atoms with Crippen LogP contribution in [0.5, 0.6) is 0 Å². The van der Waals surface area contributed by atoms with Crippen molar-refractivity contribution >= 4 is 11.6 Å². The van der Waals surface area contributed by atoms with Gasteiger partial charge in [-0.25, -0.2) is 0 Å². The van der Waals surface area contributed by atoms with Gasteiger partial charge in [-0.05, 0) is 19.1 Å². The monoisotopic (exact) mass is 202 g/mol. The van der Waals surface area contributed by atoms with Gasteiger partial charge >= 0.3 is 0 Å². The normalized spacial score (nSPS) is 11.2. The number of carbonyl (C=O) groups excluding carboxylic acids is 1. The average molecular weight is 202 g/mol. The Kier molecular flexibility index (Phi) is 4.24. The molecule has 1 aromatic carbocycles. The van der Waals surface area contributed by atoms with E-state index >= 15 is 0 Å². The summed E-state index contributed by atoms with van der Waals surface area (Å²) in [5.41, 5.74) is 0.917. The van der Waals surface area contributed by atoms with Gasteiger partial charge in [0.15, 0.2) is 0 Å². The van der Waals surface area contributed by atoms with Crippen LogP contribution < -0.4 is 10.6 Å². The Hall–Kier alpha value is -1.95. The summed E-state index contributed by atoms with van der Waals surface area (Å²) < 4.78 is 0. The van der Waals surface area contributed by atoms with E-state index < -0.39 is 0 Å². The first-order valence-electron chi connectivity index (χ1n) is 4.77. The van der Waals surface area contributed by atoms with Gasteiger partial charge in [0.25, 0.3) is 0 Å². The maximum atomic E-state index is 11.4. The zero-order chi connectivity index (χ0) is 11.1. The van der Waals surface area contributed by atoms with Crippen molar-refractivity contribution in [1.82, 2.24) is 5.32 Å². The van der Waals surface area contributed by atoms with Gasteiger partial charge < -0.3 is 10.6 Å². The molecule has 0 saturated carbocycles. The maximum absolute atomic E-state index is 11.4. The minimum Gasteiger partial charge on any atom is -0.374 e. The number of para-hydroxylation sites is 1. The molecule has 0 aliphatic rings. The molecular formula is C12H14N2O. The molecule has 1 atom stereocenters. The molecule has 15 heavy (non-hydrogen) atoms. The summed E-state index contributed by atoms with van der Waals surface area (Å²) in [6.07, 6.45) is 5.04. The first-order chi connectivity index (χ1) is 7.24. The van der Waals surface area contributed by atoms with Crippen molar-refractivity contribution in [2.24, 2.45) is 0 Å². The van der Waals surface area contributed by atoms with E-state index in [1.165, 1.54) is 0 Å². The van der Waals surface area contributed by atoms with E-state index in [9.17, 15) is 4.79 Å². The number of hydrogen-bond donors (Lipinski definition) is 2. The number of carbonyl (C=O) groups is 1. The topological polar surface area (TPSA) is 41.1 Å². The Labute approximate surface area is 89.9 Å². The third-order valence-electron chi connectivity index (χ3n) is 1.91. The largest absolute Gasteiger partial charge is 0.374 e. The smallest absolute Gasteiger partial charge is 0.242 e. The highest BCUT2D eigenvalue weighted by atomic mass is 16.2. The summed E-state index contributed by atoms with van der Waals surface area (Å²) >= 11 is 0. The van der Waals surface area contributed by atoms with Crippen LogP contribution in [0.1, 0.15) is 6.92 Å². The fourth-order valence-electron chi connectivity index (χ4n) is 1.14. The summed E-state index contributed by atoms with van der Waals surface area (Å²) in [4.78, 5) is 11.4. The highest BCUT2D eigenvalue weighted by molar-refractivity contribution is 5.84. The van der Waals surface area contributed by atoms with Crippen molar-refractivity contribution in [3.8, 4) is 12.3 Å².